The average Bonchev–Trinajstić information content (AvgIpc) is 3.40. The molecule has 0 unspecified atom stereocenters. The van der Waals surface area contributed by atoms with Crippen LogP contribution in [0.5, 0.6) is 23.0 Å². The number of benzene rings is 2. The highest BCUT2D eigenvalue weighted by Crippen LogP contribution is 2.43. The van der Waals surface area contributed by atoms with E-state index in [4.69, 9.17) is 18.9 Å². The summed E-state index contributed by atoms with van der Waals surface area (Å²) >= 11 is 0. The average molecular weight is 390 g/mol. The van der Waals surface area contributed by atoms with Crippen LogP contribution in [0.3, 0.4) is 0 Å². The van der Waals surface area contributed by atoms with E-state index in [2.05, 4.69) is 21.7 Å². The Labute approximate surface area is 166 Å². The first kappa shape index (κ1) is 16.5. The van der Waals surface area contributed by atoms with Crippen molar-refractivity contribution in [1.29, 1.82) is 0 Å². The van der Waals surface area contributed by atoms with Crippen molar-refractivity contribution in [2.75, 3.05) is 13.6 Å². The van der Waals surface area contributed by atoms with Crippen LogP contribution < -0.4 is 24.4 Å². The van der Waals surface area contributed by atoms with Gasteiger partial charge in [0.05, 0.1) is 11.1 Å². The summed E-state index contributed by atoms with van der Waals surface area (Å²) in [5, 5.41) is 1.77. The first-order valence-electron chi connectivity index (χ1n) is 9.69. The van der Waals surface area contributed by atoms with E-state index in [-0.39, 0.29) is 19.5 Å². The molecule has 6 rings (SSSR count). The van der Waals surface area contributed by atoms with Gasteiger partial charge in [0, 0.05) is 18.5 Å². The highest BCUT2D eigenvalue weighted by atomic mass is 16.7. The number of amides is 1. The highest BCUT2D eigenvalue weighted by Gasteiger charge is 2.26. The van der Waals surface area contributed by atoms with Crippen LogP contribution in [0.4, 0.5) is 0 Å². The zero-order valence-electron chi connectivity index (χ0n) is 15.9. The van der Waals surface area contributed by atoms with Crippen molar-refractivity contribution in [3.8, 4) is 34.3 Å². The van der Waals surface area contributed by atoms with Gasteiger partial charge in [-0.2, -0.15) is 4.99 Å². The third kappa shape index (κ3) is 2.36. The normalized spacial score (nSPS) is 16.1. The Balaban J connectivity index is 1.71. The summed E-state index contributed by atoms with van der Waals surface area (Å²) in [6, 6.07) is 10.1. The van der Waals surface area contributed by atoms with Crippen molar-refractivity contribution < 1.29 is 23.7 Å². The molecule has 4 heterocycles. The summed E-state index contributed by atoms with van der Waals surface area (Å²) in [6.07, 6.45) is 1.15. The number of carbonyl (C=O) groups excluding carboxylic acids is 1. The zero-order chi connectivity index (χ0) is 19.5. The fourth-order valence-corrected chi connectivity index (χ4v) is 4.24. The lowest BCUT2D eigenvalue weighted by molar-refractivity contribution is -0.117. The molecule has 3 aliphatic heterocycles. The molecule has 0 N–H and O–H groups in total. The molecule has 0 bridgehead atoms. The highest BCUT2D eigenvalue weighted by molar-refractivity contribution is 5.94. The summed E-state index contributed by atoms with van der Waals surface area (Å²) in [6.45, 7) is 2.93. The van der Waals surface area contributed by atoms with Crippen molar-refractivity contribution in [2.45, 2.75) is 26.3 Å². The van der Waals surface area contributed by atoms with Crippen LogP contribution in [0, 0.1) is 0 Å². The minimum Gasteiger partial charge on any atom is -0.454 e. The topological polar surface area (TPSA) is 71.3 Å². The molecule has 146 valence electrons. The molecule has 3 aromatic rings. The Morgan fingerprint density at radius 1 is 1.03 bits per heavy atom. The molecule has 7 nitrogen and oxygen atoms in total. The van der Waals surface area contributed by atoms with Gasteiger partial charge in [-0.1, -0.05) is 13.0 Å². The van der Waals surface area contributed by atoms with Gasteiger partial charge in [-0.25, -0.2) is 0 Å². The molecule has 1 amide bonds. The standard InChI is InChI=1S/C22H18N2O5/c1-2-19(25)23-22-20-13(3-4-16-21(20)29-11-26-16)7-15-14-9-18-17(27-10-28-18)8-12(14)5-6-24(15)22/h3-4,7-9H,2,5-6,10-11H2,1H3. The van der Waals surface area contributed by atoms with E-state index in [1.807, 2.05) is 25.1 Å². The van der Waals surface area contributed by atoms with Crippen molar-refractivity contribution in [2.24, 2.45) is 4.99 Å². The molecule has 1 aromatic heterocycles. The molecule has 0 fully saturated rings. The van der Waals surface area contributed by atoms with Gasteiger partial charge in [-0.15, -0.1) is 0 Å². The van der Waals surface area contributed by atoms with Gasteiger partial charge >= 0.3 is 0 Å². The quantitative estimate of drug-likeness (QED) is 0.638. The second-order valence-corrected chi connectivity index (χ2v) is 7.24. The number of aromatic nitrogens is 1. The van der Waals surface area contributed by atoms with E-state index in [1.165, 1.54) is 5.56 Å². The van der Waals surface area contributed by atoms with Crippen molar-refractivity contribution in [1.82, 2.24) is 4.57 Å². The van der Waals surface area contributed by atoms with Gasteiger partial charge in [0.15, 0.2) is 23.0 Å². The van der Waals surface area contributed by atoms with E-state index in [0.29, 0.717) is 30.0 Å². The lowest BCUT2D eigenvalue weighted by Crippen LogP contribution is -2.28. The first-order chi connectivity index (χ1) is 14.2. The molecule has 2 aromatic carbocycles. The van der Waals surface area contributed by atoms with Gasteiger partial charge in [0.25, 0.3) is 0 Å². The Morgan fingerprint density at radius 3 is 2.69 bits per heavy atom. The summed E-state index contributed by atoms with van der Waals surface area (Å²) in [4.78, 5) is 16.8. The van der Waals surface area contributed by atoms with E-state index in [9.17, 15) is 4.79 Å². The molecule has 0 saturated carbocycles. The van der Waals surface area contributed by atoms with Crippen LogP contribution in [0.2, 0.25) is 0 Å². The van der Waals surface area contributed by atoms with Gasteiger partial charge in [-0.05, 0) is 41.6 Å². The Kier molecular flexibility index (Phi) is 3.41. The fourth-order valence-electron chi connectivity index (χ4n) is 4.24. The Bertz CT molecular complexity index is 1270. The largest absolute Gasteiger partial charge is 0.454 e. The molecular weight excluding hydrogens is 372 g/mol. The first-order valence-corrected chi connectivity index (χ1v) is 9.69. The Hall–Kier alpha value is -3.48. The minimum atomic E-state index is -0.166. The van der Waals surface area contributed by atoms with Crippen molar-refractivity contribution in [3.05, 3.63) is 41.4 Å². The maximum atomic E-state index is 12.3. The van der Waals surface area contributed by atoms with Crippen LogP contribution in [0.1, 0.15) is 18.9 Å². The fraction of sp³-hybridized carbons (Fsp3) is 0.273. The van der Waals surface area contributed by atoms with Crippen LogP contribution >= 0.6 is 0 Å². The number of rotatable bonds is 1. The molecule has 3 aliphatic rings. The number of pyridine rings is 1. The summed E-state index contributed by atoms with van der Waals surface area (Å²) in [5.74, 6) is 2.69. The summed E-state index contributed by atoms with van der Waals surface area (Å²) < 4.78 is 24.5. The molecule has 0 saturated heterocycles. The smallest absolute Gasteiger partial charge is 0.247 e. The van der Waals surface area contributed by atoms with Crippen LogP contribution in [-0.4, -0.2) is 24.1 Å². The number of aryl methyl sites for hydroxylation is 1. The van der Waals surface area contributed by atoms with Gasteiger partial charge in [0.1, 0.15) is 5.49 Å². The second-order valence-electron chi connectivity index (χ2n) is 7.24. The van der Waals surface area contributed by atoms with Crippen molar-refractivity contribution in [3.63, 3.8) is 0 Å². The van der Waals surface area contributed by atoms with Crippen LogP contribution in [-0.2, 0) is 17.8 Å². The maximum absolute atomic E-state index is 12.3. The van der Waals surface area contributed by atoms with E-state index < -0.39 is 0 Å². The van der Waals surface area contributed by atoms with Crippen LogP contribution in [0.15, 0.2) is 35.3 Å². The minimum absolute atomic E-state index is 0.166. The van der Waals surface area contributed by atoms with E-state index in [1.54, 1.807) is 0 Å². The van der Waals surface area contributed by atoms with Gasteiger partial charge in [-0.3, -0.25) is 4.79 Å². The molecule has 29 heavy (non-hydrogen) atoms. The third-order valence-corrected chi connectivity index (χ3v) is 5.65. The van der Waals surface area contributed by atoms with E-state index in [0.717, 1.165) is 39.9 Å². The lowest BCUT2D eigenvalue weighted by Gasteiger charge is -2.24. The van der Waals surface area contributed by atoms with Gasteiger partial charge in [0.2, 0.25) is 19.5 Å². The summed E-state index contributed by atoms with van der Waals surface area (Å²) in [5.41, 5.74) is 3.89. The monoisotopic (exact) mass is 390 g/mol. The molecule has 0 radical (unpaired) electrons. The SMILES string of the molecule is CCC(=O)N=c1c2c3c(ccc2cc2n1CCc1cc4c(cc1-2)OCO4)OCO3. The lowest BCUT2D eigenvalue weighted by atomic mass is 9.95. The molecule has 0 atom stereocenters. The number of hydrogen-bond donors (Lipinski definition) is 0. The molecular formula is C22H18N2O5. The molecule has 7 heteroatoms. The number of hydrogen-bond acceptors (Lipinski definition) is 5. The number of ether oxygens (including phenoxy) is 4. The number of nitrogens with zero attached hydrogens (tertiary/aromatic N) is 2. The van der Waals surface area contributed by atoms with Crippen molar-refractivity contribution >= 4 is 16.7 Å². The zero-order valence-corrected chi connectivity index (χ0v) is 15.9. The predicted molar refractivity (Wildman–Crippen MR) is 104 cm³/mol. The predicted octanol–water partition coefficient (Wildman–Crippen LogP) is 3.16. The Morgan fingerprint density at radius 2 is 1.83 bits per heavy atom. The number of fused-ring (bicyclic) bond motifs is 7. The number of carbonyl (C=O) groups is 1. The molecule has 0 spiro atoms. The second kappa shape index (κ2) is 6.01. The summed E-state index contributed by atoms with van der Waals surface area (Å²) in [7, 11) is 0. The molecule has 0 aliphatic carbocycles. The maximum Gasteiger partial charge on any atom is 0.247 e. The van der Waals surface area contributed by atoms with Crippen LogP contribution in [0.25, 0.3) is 22.0 Å². The third-order valence-electron chi connectivity index (χ3n) is 5.65. The van der Waals surface area contributed by atoms with Gasteiger partial charge < -0.3 is 23.5 Å². The van der Waals surface area contributed by atoms with E-state index >= 15 is 0 Å².